The second-order valence-electron chi connectivity index (χ2n) is 7.09. The minimum atomic E-state index is -0.438. The largest absolute Gasteiger partial charge is 0.359 e. The molecule has 0 spiro atoms. The van der Waals surface area contributed by atoms with E-state index in [2.05, 4.69) is 15.6 Å². The fourth-order valence-electron chi connectivity index (χ4n) is 3.20. The minimum absolute atomic E-state index is 0.0340. The van der Waals surface area contributed by atoms with Crippen LogP contribution in [0.4, 0.5) is 17.1 Å². The third-order valence-electron chi connectivity index (χ3n) is 4.67. The van der Waals surface area contributed by atoms with Crippen molar-refractivity contribution in [2.75, 3.05) is 10.6 Å². The highest BCUT2D eigenvalue weighted by Crippen LogP contribution is 2.35. The smallest absolute Gasteiger partial charge is 0.230 e. The van der Waals surface area contributed by atoms with Gasteiger partial charge in [-0.1, -0.05) is 26.0 Å². The molecule has 0 radical (unpaired) electrons. The normalized spacial score (nSPS) is 15.5. The van der Waals surface area contributed by atoms with Crippen LogP contribution in [-0.2, 0) is 11.2 Å². The van der Waals surface area contributed by atoms with Crippen molar-refractivity contribution in [1.82, 2.24) is 4.98 Å². The first-order valence-corrected chi connectivity index (χ1v) is 8.26. The van der Waals surface area contributed by atoms with E-state index in [1.807, 2.05) is 56.3 Å². The first-order valence-electron chi connectivity index (χ1n) is 8.26. The summed E-state index contributed by atoms with van der Waals surface area (Å²) in [7, 11) is 0. The van der Waals surface area contributed by atoms with Gasteiger partial charge in [-0.25, -0.2) is 0 Å². The van der Waals surface area contributed by atoms with Gasteiger partial charge in [-0.15, -0.1) is 0 Å². The molecule has 2 heterocycles. The molecule has 1 aliphatic heterocycles. The third-order valence-corrected chi connectivity index (χ3v) is 4.67. The van der Waals surface area contributed by atoms with Gasteiger partial charge >= 0.3 is 0 Å². The van der Waals surface area contributed by atoms with Gasteiger partial charge in [-0.3, -0.25) is 9.59 Å². The number of pyridine rings is 1. The molecule has 5 heteroatoms. The number of anilines is 3. The molecule has 1 aromatic heterocycles. The van der Waals surface area contributed by atoms with E-state index in [0.717, 1.165) is 22.5 Å². The van der Waals surface area contributed by atoms with Crippen LogP contribution in [0.5, 0.6) is 0 Å². The number of hydrogen-bond donors (Lipinski definition) is 3. The second kappa shape index (κ2) is 5.48. The molecule has 126 valence electrons. The van der Waals surface area contributed by atoms with Crippen LogP contribution in [-0.4, -0.2) is 10.9 Å². The lowest BCUT2D eigenvalue weighted by Gasteiger charge is -2.30. The Bertz CT molecular complexity index is 1050. The van der Waals surface area contributed by atoms with Gasteiger partial charge in [0.15, 0.2) is 0 Å². The lowest BCUT2D eigenvalue weighted by atomic mass is 9.81. The number of H-pyrrole nitrogens is 1. The molecule has 3 N–H and O–H groups in total. The summed E-state index contributed by atoms with van der Waals surface area (Å²) in [5, 5.41) is 6.79. The molecule has 0 saturated heterocycles. The molecule has 0 saturated carbocycles. The summed E-state index contributed by atoms with van der Waals surface area (Å²) in [4.78, 5) is 27.8. The van der Waals surface area contributed by atoms with Gasteiger partial charge in [0.05, 0.1) is 0 Å². The zero-order valence-electron chi connectivity index (χ0n) is 14.1. The quantitative estimate of drug-likeness (QED) is 0.668. The fourth-order valence-corrected chi connectivity index (χ4v) is 3.20. The predicted molar refractivity (Wildman–Crippen MR) is 100 cm³/mol. The average Bonchev–Trinajstić information content (AvgIpc) is 2.58. The summed E-state index contributed by atoms with van der Waals surface area (Å²) in [6, 6.07) is 13.2. The molecule has 0 atom stereocenters. The van der Waals surface area contributed by atoms with Crippen LogP contribution in [0.25, 0.3) is 10.9 Å². The Morgan fingerprint density at radius 3 is 2.72 bits per heavy atom. The Labute approximate surface area is 145 Å². The van der Waals surface area contributed by atoms with Crippen molar-refractivity contribution >= 4 is 33.9 Å². The van der Waals surface area contributed by atoms with Crippen molar-refractivity contribution in [3.63, 3.8) is 0 Å². The fraction of sp³-hybridized carbons (Fsp3) is 0.200. The van der Waals surface area contributed by atoms with E-state index < -0.39 is 5.41 Å². The SMILES string of the molecule is CC1(C)Cc2cc(Nc3c[nH]c4ccccc4c3=O)ccc2NC1=O. The van der Waals surface area contributed by atoms with Crippen LogP contribution in [0.3, 0.4) is 0 Å². The highest BCUT2D eigenvalue weighted by atomic mass is 16.2. The standard InChI is InChI=1S/C20H19N3O2/c1-20(2)10-12-9-13(7-8-15(12)23-19(20)25)22-17-11-21-16-6-4-3-5-14(16)18(17)24/h3-9,11,22H,10H2,1-2H3,(H,21,24)(H,23,25). The van der Waals surface area contributed by atoms with E-state index in [0.29, 0.717) is 17.5 Å². The molecule has 4 rings (SSSR count). The number of aromatic nitrogens is 1. The number of aromatic amines is 1. The van der Waals surface area contributed by atoms with Gasteiger partial charge < -0.3 is 15.6 Å². The molecule has 25 heavy (non-hydrogen) atoms. The van der Waals surface area contributed by atoms with E-state index in [9.17, 15) is 9.59 Å². The third kappa shape index (κ3) is 2.67. The van der Waals surface area contributed by atoms with E-state index in [-0.39, 0.29) is 11.3 Å². The van der Waals surface area contributed by atoms with Crippen LogP contribution < -0.4 is 16.1 Å². The zero-order chi connectivity index (χ0) is 17.6. The topological polar surface area (TPSA) is 74.0 Å². The van der Waals surface area contributed by atoms with Gasteiger partial charge in [0.1, 0.15) is 5.69 Å². The zero-order valence-corrected chi connectivity index (χ0v) is 14.1. The summed E-state index contributed by atoms with van der Waals surface area (Å²) in [5.41, 5.74) is 3.55. The molecule has 1 amide bonds. The van der Waals surface area contributed by atoms with Crippen molar-refractivity contribution in [2.24, 2.45) is 5.41 Å². The molecular weight excluding hydrogens is 314 g/mol. The van der Waals surface area contributed by atoms with E-state index in [1.54, 1.807) is 6.20 Å². The molecule has 0 unspecified atom stereocenters. The van der Waals surface area contributed by atoms with Crippen molar-refractivity contribution in [3.05, 3.63) is 64.4 Å². The van der Waals surface area contributed by atoms with E-state index in [4.69, 9.17) is 0 Å². The van der Waals surface area contributed by atoms with Crippen LogP contribution >= 0.6 is 0 Å². The summed E-state index contributed by atoms with van der Waals surface area (Å²) in [5.74, 6) is 0.0340. The average molecular weight is 333 g/mol. The second-order valence-corrected chi connectivity index (χ2v) is 7.09. The number of fused-ring (bicyclic) bond motifs is 2. The highest BCUT2D eigenvalue weighted by molar-refractivity contribution is 5.98. The van der Waals surface area contributed by atoms with E-state index in [1.165, 1.54) is 0 Å². The minimum Gasteiger partial charge on any atom is -0.359 e. The Morgan fingerprint density at radius 2 is 1.88 bits per heavy atom. The number of para-hydroxylation sites is 1. The van der Waals surface area contributed by atoms with Crippen LogP contribution in [0.1, 0.15) is 19.4 Å². The molecule has 2 aromatic carbocycles. The van der Waals surface area contributed by atoms with E-state index >= 15 is 0 Å². The molecular formula is C20H19N3O2. The maximum Gasteiger partial charge on any atom is 0.230 e. The van der Waals surface area contributed by atoms with Crippen molar-refractivity contribution in [3.8, 4) is 0 Å². The Morgan fingerprint density at radius 1 is 1.08 bits per heavy atom. The van der Waals surface area contributed by atoms with Crippen LogP contribution in [0.15, 0.2) is 53.5 Å². The molecule has 0 fully saturated rings. The van der Waals surface area contributed by atoms with Crippen molar-refractivity contribution in [1.29, 1.82) is 0 Å². The van der Waals surface area contributed by atoms with Gasteiger partial charge in [-0.05, 0) is 42.3 Å². The molecule has 3 aromatic rings. The number of benzene rings is 2. The number of hydrogen-bond acceptors (Lipinski definition) is 3. The first-order chi connectivity index (χ1) is 11.9. The van der Waals surface area contributed by atoms with Crippen molar-refractivity contribution in [2.45, 2.75) is 20.3 Å². The lowest BCUT2D eigenvalue weighted by Crippen LogP contribution is -2.37. The number of amides is 1. The summed E-state index contributed by atoms with van der Waals surface area (Å²) in [6.07, 6.45) is 2.35. The van der Waals surface area contributed by atoms with Gasteiger partial charge in [0, 0.05) is 33.9 Å². The monoisotopic (exact) mass is 333 g/mol. The number of carbonyl (C=O) groups is 1. The van der Waals surface area contributed by atoms with Gasteiger partial charge in [0.25, 0.3) is 0 Å². The molecule has 0 aliphatic carbocycles. The maximum atomic E-state index is 12.6. The Balaban J connectivity index is 1.70. The van der Waals surface area contributed by atoms with Crippen molar-refractivity contribution < 1.29 is 4.79 Å². The van der Waals surface area contributed by atoms with Crippen LogP contribution in [0, 0.1) is 5.41 Å². The Kier molecular flexibility index (Phi) is 3.39. The Hall–Kier alpha value is -3.08. The highest BCUT2D eigenvalue weighted by Gasteiger charge is 2.33. The number of carbonyl (C=O) groups excluding carboxylic acids is 1. The number of nitrogens with one attached hydrogen (secondary N) is 3. The van der Waals surface area contributed by atoms with Crippen LogP contribution in [0.2, 0.25) is 0 Å². The summed E-state index contributed by atoms with van der Waals surface area (Å²) < 4.78 is 0. The predicted octanol–water partition coefficient (Wildman–Crippen LogP) is 3.79. The summed E-state index contributed by atoms with van der Waals surface area (Å²) >= 11 is 0. The molecule has 0 bridgehead atoms. The molecule has 1 aliphatic rings. The van der Waals surface area contributed by atoms with Gasteiger partial charge in [-0.2, -0.15) is 0 Å². The van der Waals surface area contributed by atoms with Gasteiger partial charge in [0.2, 0.25) is 11.3 Å². The summed E-state index contributed by atoms with van der Waals surface area (Å²) in [6.45, 7) is 3.86. The molecule has 5 nitrogen and oxygen atoms in total. The lowest BCUT2D eigenvalue weighted by molar-refractivity contribution is -0.124. The maximum absolute atomic E-state index is 12.6. The first kappa shape index (κ1) is 15.4. The number of rotatable bonds is 2.